The molecule has 0 bridgehead atoms. The zero-order valence-corrected chi connectivity index (χ0v) is 6.59. The number of hydrazine groups is 1. The molecule has 0 amide bonds. The monoisotopic (exact) mass is 170 g/mol. The summed E-state index contributed by atoms with van der Waals surface area (Å²) in [6.07, 6.45) is 0. The molecule has 0 saturated carbocycles. The van der Waals surface area contributed by atoms with Crippen LogP contribution in [0.4, 0.5) is 4.39 Å². The Hall–Kier alpha value is -1.13. The third-order valence-electron chi connectivity index (χ3n) is 1.33. The third kappa shape index (κ3) is 2.86. The molecule has 12 heavy (non-hydrogen) atoms. The van der Waals surface area contributed by atoms with Crippen molar-refractivity contribution in [1.29, 1.82) is 0 Å². The topological polar surface area (TPSA) is 47.3 Å². The van der Waals surface area contributed by atoms with Crippen LogP contribution in [0.1, 0.15) is 0 Å². The molecule has 0 unspecified atom stereocenters. The van der Waals surface area contributed by atoms with Gasteiger partial charge in [0.05, 0.1) is 0 Å². The lowest BCUT2D eigenvalue weighted by Gasteiger charge is -2.04. The first-order valence-corrected chi connectivity index (χ1v) is 3.65. The van der Waals surface area contributed by atoms with Crippen molar-refractivity contribution < 1.29 is 9.13 Å². The minimum absolute atomic E-state index is 0.265. The van der Waals surface area contributed by atoms with Gasteiger partial charge in [-0.05, 0) is 24.3 Å². The van der Waals surface area contributed by atoms with Crippen LogP contribution < -0.4 is 16.0 Å². The van der Waals surface area contributed by atoms with E-state index >= 15 is 0 Å². The lowest BCUT2D eigenvalue weighted by Crippen LogP contribution is -2.27. The van der Waals surface area contributed by atoms with Gasteiger partial charge in [0.25, 0.3) is 0 Å². The number of halogens is 1. The zero-order chi connectivity index (χ0) is 8.81. The molecule has 0 aliphatic heterocycles. The lowest BCUT2D eigenvalue weighted by atomic mass is 10.3. The van der Waals surface area contributed by atoms with Crippen LogP contribution in [0.5, 0.6) is 5.75 Å². The number of hydrogen-bond acceptors (Lipinski definition) is 3. The molecule has 1 aromatic carbocycles. The van der Waals surface area contributed by atoms with Crippen LogP contribution in [0.15, 0.2) is 24.3 Å². The van der Waals surface area contributed by atoms with Gasteiger partial charge in [0.1, 0.15) is 18.2 Å². The summed E-state index contributed by atoms with van der Waals surface area (Å²) in [5.74, 6) is 5.41. The summed E-state index contributed by atoms with van der Waals surface area (Å²) in [5.41, 5.74) is 2.45. The molecule has 66 valence electrons. The highest BCUT2D eigenvalue weighted by atomic mass is 19.1. The molecule has 0 aliphatic rings. The Bertz CT molecular complexity index is 225. The average Bonchev–Trinajstić information content (AvgIpc) is 2.09. The second-order valence-corrected chi connectivity index (χ2v) is 2.26. The molecule has 3 nitrogen and oxygen atoms in total. The highest BCUT2D eigenvalue weighted by Gasteiger charge is 1.92. The Morgan fingerprint density at radius 2 is 2.00 bits per heavy atom. The Balaban J connectivity index is 2.37. The molecule has 0 spiro atoms. The van der Waals surface area contributed by atoms with Gasteiger partial charge < -0.3 is 4.74 Å². The van der Waals surface area contributed by atoms with Gasteiger partial charge in [0.15, 0.2) is 0 Å². The summed E-state index contributed by atoms with van der Waals surface area (Å²) in [6.45, 7) is 1.04. The summed E-state index contributed by atoms with van der Waals surface area (Å²) in [7, 11) is 0. The average molecular weight is 170 g/mol. The Labute approximate surface area is 70.3 Å². The number of rotatable bonds is 4. The Morgan fingerprint density at radius 3 is 2.58 bits per heavy atom. The number of benzene rings is 1. The van der Waals surface area contributed by atoms with E-state index in [1.807, 2.05) is 0 Å². The molecule has 3 N–H and O–H groups in total. The summed E-state index contributed by atoms with van der Waals surface area (Å²) >= 11 is 0. The molecule has 0 aromatic heterocycles. The van der Waals surface area contributed by atoms with Gasteiger partial charge in [0, 0.05) is 6.54 Å². The van der Waals surface area contributed by atoms with E-state index < -0.39 is 0 Å². The molecule has 0 saturated heterocycles. The van der Waals surface area contributed by atoms with E-state index in [2.05, 4.69) is 5.43 Å². The number of nitrogens with one attached hydrogen (secondary N) is 1. The van der Waals surface area contributed by atoms with Crippen molar-refractivity contribution in [1.82, 2.24) is 5.43 Å². The fourth-order valence-corrected chi connectivity index (χ4v) is 0.759. The summed E-state index contributed by atoms with van der Waals surface area (Å²) in [5, 5.41) is 0. The van der Waals surface area contributed by atoms with Gasteiger partial charge in [-0.1, -0.05) is 0 Å². The summed E-state index contributed by atoms with van der Waals surface area (Å²) in [4.78, 5) is 0. The molecule has 0 heterocycles. The van der Waals surface area contributed by atoms with E-state index in [9.17, 15) is 4.39 Å². The SMILES string of the molecule is NNCCOc1ccc(F)cc1. The van der Waals surface area contributed by atoms with Crippen LogP contribution in [0.2, 0.25) is 0 Å². The first kappa shape index (κ1) is 8.96. The maximum atomic E-state index is 12.4. The van der Waals surface area contributed by atoms with Crippen LogP contribution in [0.25, 0.3) is 0 Å². The highest BCUT2D eigenvalue weighted by Crippen LogP contribution is 2.10. The van der Waals surface area contributed by atoms with Crippen LogP contribution in [-0.2, 0) is 0 Å². The molecule has 0 atom stereocenters. The smallest absolute Gasteiger partial charge is 0.123 e. The summed E-state index contributed by atoms with van der Waals surface area (Å²) < 4.78 is 17.6. The van der Waals surface area contributed by atoms with Crippen molar-refractivity contribution in [3.8, 4) is 5.75 Å². The molecular weight excluding hydrogens is 159 g/mol. The maximum absolute atomic E-state index is 12.4. The Kier molecular flexibility index (Phi) is 3.50. The van der Waals surface area contributed by atoms with Crippen molar-refractivity contribution in [2.75, 3.05) is 13.2 Å². The van der Waals surface area contributed by atoms with E-state index in [-0.39, 0.29) is 5.82 Å². The van der Waals surface area contributed by atoms with Gasteiger partial charge >= 0.3 is 0 Å². The molecule has 0 radical (unpaired) electrons. The first-order chi connectivity index (χ1) is 5.83. The number of ether oxygens (including phenoxy) is 1. The van der Waals surface area contributed by atoms with Crippen LogP contribution in [0, 0.1) is 5.82 Å². The Morgan fingerprint density at radius 1 is 1.33 bits per heavy atom. The molecule has 1 rings (SSSR count). The van der Waals surface area contributed by atoms with Gasteiger partial charge in [-0.3, -0.25) is 11.3 Å². The van der Waals surface area contributed by atoms with E-state index in [0.717, 1.165) is 0 Å². The van der Waals surface area contributed by atoms with Gasteiger partial charge in [-0.15, -0.1) is 0 Å². The highest BCUT2D eigenvalue weighted by molar-refractivity contribution is 5.21. The fourth-order valence-electron chi connectivity index (χ4n) is 0.759. The molecular formula is C8H11FN2O. The maximum Gasteiger partial charge on any atom is 0.123 e. The predicted octanol–water partition coefficient (Wildman–Crippen LogP) is 0.668. The lowest BCUT2D eigenvalue weighted by molar-refractivity contribution is 0.314. The zero-order valence-electron chi connectivity index (χ0n) is 6.59. The molecule has 0 aliphatic carbocycles. The van der Waals surface area contributed by atoms with Crippen molar-refractivity contribution in [2.45, 2.75) is 0 Å². The second-order valence-electron chi connectivity index (χ2n) is 2.26. The molecule has 4 heteroatoms. The molecule has 0 fully saturated rings. The van der Waals surface area contributed by atoms with Crippen molar-refractivity contribution in [3.63, 3.8) is 0 Å². The standard InChI is InChI=1S/C8H11FN2O/c9-7-1-3-8(4-2-7)12-6-5-11-10/h1-4,11H,5-6,10H2. The van der Waals surface area contributed by atoms with Gasteiger partial charge in [-0.25, -0.2) is 4.39 Å². The van der Waals surface area contributed by atoms with E-state index in [0.29, 0.717) is 18.9 Å². The fraction of sp³-hybridized carbons (Fsp3) is 0.250. The van der Waals surface area contributed by atoms with E-state index in [1.54, 1.807) is 12.1 Å². The minimum atomic E-state index is -0.265. The van der Waals surface area contributed by atoms with Crippen molar-refractivity contribution in [3.05, 3.63) is 30.1 Å². The van der Waals surface area contributed by atoms with Crippen molar-refractivity contribution in [2.24, 2.45) is 5.84 Å². The van der Waals surface area contributed by atoms with Crippen LogP contribution >= 0.6 is 0 Å². The second kappa shape index (κ2) is 4.69. The first-order valence-electron chi connectivity index (χ1n) is 3.65. The van der Waals surface area contributed by atoms with E-state index in [4.69, 9.17) is 10.6 Å². The third-order valence-corrected chi connectivity index (χ3v) is 1.33. The predicted molar refractivity (Wildman–Crippen MR) is 44.1 cm³/mol. The minimum Gasteiger partial charge on any atom is -0.492 e. The van der Waals surface area contributed by atoms with Crippen LogP contribution in [0.3, 0.4) is 0 Å². The molecule has 1 aromatic rings. The normalized spacial score (nSPS) is 9.83. The van der Waals surface area contributed by atoms with Crippen molar-refractivity contribution >= 4 is 0 Å². The van der Waals surface area contributed by atoms with Gasteiger partial charge in [-0.2, -0.15) is 0 Å². The number of nitrogens with two attached hydrogens (primary N) is 1. The van der Waals surface area contributed by atoms with Gasteiger partial charge in [0.2, 0.25) is 0 Å². The largest absolute Gasteiger partial charge is 0.492 e. The summed E-state index contributed by atoms with van der Waals surface area (Å²) in [6, 6.07) is 5.86. The van der Waals surface area contributed by atoms with Crippen LogP contribution in [-0.4, -0.2) is 13.2 Å². The van der Waals surface area contributed by atoms with E-state index in [1.165, 1.54) is 12.1 Å². The quantitative estimate of drug-likeness (QED) is 0.396. The number of hydrogen-bond donors (Lipinski definition) is 2.